The number of ether oxygens (including phenoxy) is 1. The molecule has 1 aromatic heterocycles. The number of carbonyl (C=O) groups is 1. The Kier molecular flexibility index (Phi) is 2.06. The summed E-state index contributed by atoms with van der Waals surface area (Å²) in [5.41, 5.74) is -2.88. The molecule has 1 fully saturated rings. The van der Waals surface area contributed by atoms with Gasteiger partial charge in [0, 0.05) is 49.0 Å². The molecule has 174 valence electrons. The van der Waals surface area contributed by atoms with Gasteiger partial charge >= 0.3 is 0 Å². The number of piperidine rings is 1. The van der Waals surface area contributed by atoms with Crippen molar-refractivity contribution in [2.45, 2.75) is 19.1 Å². The van der Waals surface area contributed by atoms with Crippen molar-refractivity contribution in [3.8, 4) is 27.7 Å². The quantitative estimate of drug-likeness (QED) is 0.273. The lowest BCUT2D eigenvalue weighted by Gasteiger charge is -2.26. The maximum absolute atomic E-state index is 14.7. The molecule has 0 amide bonds. The van der Waals surface area contributed by atoms with Crippen LogP contribution in [0.2, 0.25) is 0 Å². The normalized spacial score (nSPS) is 33.8. The zero-order valence-corrected chi connectivity index (χ0v) is 17.3. The smallest absolute Gasteiger partial charge is 0.293 e. The monoisotopic (exact) mass is 500 g/mol. The van der Waals surface area contributed by atoms with E-state index in [4.69, 9.17) is 41.9 Å². The number of benzene rings is 3. The van der Waals surface area contributed by atoms with E-state index < -0.39 is 171 Å². The van der Waals surface area contributed by atoms with Gasteiger partial charge in [-0.05, 0) is 97.8 Å². The Labute approximate surface area is 241 Å². The summed E-state index contributed by atoms with van der Waals surface area (Å²) in [5, 5.41) is 7.92. The molecule has 2 N–H and O–H groups in total. The van der Waals surface area contributed by atoms with Crippen LogP contribution < -0.4 is 4.74 Å². The summed E-state index contributed by atoms with van der Waals surface area (Å²) in [5.74, 6) is -4.82. The highest BCUT2D eigenvalue weighted by Gasteiger charge is 2.22. The summed E-state index contributed by atoms with van der Waals surface area (Å²) in [7, 11) is 0. The first-order valence-electron chi connectivity index (χ1n) is 22.4. The van der Waals surface area contributed by atoms with Gasteiger partial charge < -0.3 is 15.0 Å². The third-order valence-corrected chi connectivity index (χ3v) is 5.22. The van der Waals surface area contributed by atoms with E-state index in [1.165, 1.54) is 0 Å². The number of rotatable bonds is 9. The summed E-state index contributed by atoms with van der Waals surface area (Å²) in [6.45, 7) is -17.2. The van der Waals surface area contributed by atoms with Crippen LogP contribution in [0.25, 0.3) is 20.5 Å². The number of phenolic OH excluding ortho intramolecular Hbond substituents is 2. The topological polar surface area (TPSA) is 70.0 Å². The number of likely N-dealkylation sites (tertiary alicyclic amines) is 1. The minimum atomic E-state index is -4.43. The van der Waals surface area contributed by atoms with Gasteiger partial charge in [-0.15, -0.1) is 11.3 Å². The van der Waals surface area contributed by atoms with Gasteiger partial charge in [0.05, 0.1) is 17.8 Å². The first-order valence-corrected chi connectivity index (χ1v) is 9.92. The Bertz CT molecular complexity index is 2450. The van der Waals surface area contributed by atoms with Gasteiger partial charge in [-0.3, -0.25) is 9.69 Å². The number of nitrogens with zero attached hydrogens (tertiary/aromatic N) is 1. The molecule has 0 bridgehead atoms. The van der Waals surface area contributed by atoms with Crippen LogP contribution in [0, 0.1) is 0 Å². The van der Waals surface area contributed by atoms with Crippen LogP contribution >= 0.6 is 11.3 Å². The Hall–Kier alpha value is -3.35. The molecule has 34 heavy (non-hydrogen) atoms. The number of ketones is 1. The number of thiophene rings is 1. The van der Waals surface area contributed by atoms with Crippen LogP contribution in [0.15, 0.2) is 66.5 Å². The highest BCUT2D eigenvalue weighted by molar-refractivity contribution is 7.22. The lowest BCUT2D eigenvalue weighted by atomic mass is 9.97. The Morgan fingerprint density at radius 3 is 2.50 bits per heavy atom. The van der Waals surface area contributed by atoms with Gasteiger partial charge in [-0.1, -0.05) is 6.37 Å². The van der Waals surface area contributed by atoms with Crippen molar-refractivity contribution in [3.63, 3.8) is 0 Å². The number of phenols is 2. The van der Waals surface area contributed by atoms with Crippen molar-refractivity contribution in [1.82, 2.24) is 4.90 Å². The molecule has 1 aliphatic heterocycles. The molecule has 1 aliphatic rings. The minimum Gasteiger partial charge on any atom is -0.508 e. The van der Waals surface area contributed by atoms with Crippen molar-refractivity contribution >= 4 is 27.2 Å². The fourth-order valence-electron chi connectivity index (χ4n) is 2.69. The second-order valence-electron chi connectivity index (χ2n) is 6.20. The largest absolute Gasteiger partial charge is 0.508 e. The van der Waals surface area contributed by atoms with Crippen molar-refractivity contribution in [3.05, 3.63) is 77.6 Å². The van der Waals surface area contributed by atoms with Crippen LogP contribution in [-0.4, -0.2) is 49.8 Å². The molecule has 3 aromatic carbocycles. The van der Waals surface area contributed by atoms with Crippen LogP contribution in [-0.2, 0) is 0 Å². The van der Waals surface area contributed by atoms with Gasteiger partial charge in [0.2, 0.25) is 0 Å². The summed E-state index contributed by atoms with van der Waals surface area (Å²) in [4.78, 5) is 13.1. The number of hydrogen-bond acceptors (Lipinski definition) is 6. The molecule has 0 saturated carbocycles. The molecule has 5 nitrogen and oxygen atoms in total. The molecule has 4 aromatic rings. The molecular formula is C28H27NO4S. The molecule has 0 radical (unpaired) electrons. The molecule has 6 heteroatoms. The number of aromatic hydroxyl groups is 2. The summed E-state index contributed by atoms with van der Waals surface area (Å²) >= 11 is 0.340. The maximum Gasteiger partial charge on any atom is 0.293 e. The van der Waals surface area contributed by atoms with Crippen LogP contribution in [0.3, 0.4) is 0 Å². The second-order valence-corrected chi connectivity index (χ2v) is 7.22. The van der Waals surface area contributed by atoms with E-state index in [2.05, 4.69) is 10.2 Å². The fraction of sp³-hybridized carbons (Fsp3) is 0.250. The van der Waals surface area contributed by atoms with E-state index in [1.54, 1.807) is 0 Å². The third-order valence-electron chi connectivity index (χ3n) is 4.09. The Morgan fingerprint density at radius 1 is 1.03 bits per heavy atom. The van der Waals surface area contributed by atoms with E-state index >= 15 is 0 Å². The molecule has 0 aliphatic carbocycles. The average Bonchev–Trinajstić information content (AvgIpc) is 3.54. The van der Waals surface area contributed by atoms with Crippen molar-refractivity contribution in [1.29, 1.82) is 2.86 Å². The molecular weight excluding hydrogens is 446 g/mol. The van der Waals surface area contributed by atoms with Gasteiger partial charge in [-0.25, -0.2) is 0 Å². The first-order chi connectivity index (χ1) is 27.5. The lowest BCUT2D eigenvalue weighted by Crippen LogP contribution is -2.33. The van der Waals surface area contributed by atoms with Crippen LogP contribution in [0.4, 0.5) is 0 Å². The van der Waals surface area contributed by atoms with E-state index in [9.17, 15) is 4.79 Å². The summed E-state index contributed by atoms with van der Waals surface area (Å²) in [6, 6.07) is -12.3. The average molecular weight is 501 g/mol. The maximum atomic E-state index is 14.7. The summed E-state index contributed by atoms with van der Waals surface area (Å²) in [6.07, 6.45) is -12.3. The van der Waals surface area contributed by atoms with Crippen molar-refractivity contribution < 1.29 is 54.0 Å². The molecule has 1 saturated heterocycles. The van der Waals surface area contributed by atoms with Gasteiger partial charge in [0.1, 0.15) is 23.8 Å². The van der Waals surface area contributed by atoms with Crippen molar-refractivity contribution in [2.75, 3.05) is 26.0 Å². The predicted octanol–water partition coefficient (Wildman–Crippen LogP) is 6.08. The van der Waals surface area contributed by atoms with E-state index in [0.717, 1.165) is 0 Å². The zero-order chi connectivity index (χ0) is 47.0. The highest BCUT2D eigenvalue weighted by Crippen LogP contribution is 2.41. The number of fused-ring (bicyclic) bond motifs is 1. The van der Waals surface area contributed by atoms with E-state index in [-0.39, 0.29) is 0 Å². The molecule has 0 spiro atoms. The minimum absolute atomic E-state index is 0.340. The van der Waals surface area contributed by atoms with Gasteiger partial charge in [-0.2, -0.15) is 0 Å². The van der Waals surface area contributed by atoms with Gasteiger partial charge in [0.25, 0.3) is 2.86 Å². The Morgan fingerprint density at radius 2 is 1.76 bits per heavy atom. The molecule has 2 heterocycles. The first kappa shape index (κ1) is 7.09. The fourth-order valence-corrected chi connectivity index (χ4v) is 3.80. The molecule has 0 atom stereocenters. The standard InChI is InChI=1S/C28H27NO4S/c30-21-8-4-20(5-9-21)28-26(24-13-10-22(31)18-25(24)34-28)27(32)19-6-11-23(12-7-19)33-17-16-29-14-2-1-3-15-29/h4-13,18,30-31H,1-3,14-17H2/i1D2,2D2,3D2,4D,5D,6D,7D,8D,9D,10D,11D,12D,13D,14D2,15D2,16D2,17D2,18D/hD2. The van der Waals surface area contributed by atoms with Crippen molar-refractivity contribution in [2.24, 2.45) is 0 Å². The summed E-state index contributed by atoms with van der Waals surface area (Å²) < 4.78 is 228. The SMILES string of the molecule is [2H]Oc1c([2H])c([2H])c(-c2sc3c([2H])c(O[2H])c([2H])c([2H])c3c2C(=O)c2c([2H])c([2H])c(OC([2H])([2H])C([2H])([2H])N3C([2H])([2H])C([2H])([2H])C([2H])([2H])C([2H])([2H])C3([2H])[2H])c([2H])c2[2H])c([2H])c1[2H]. The lowest BCUT2D eigenvalue weighted by molar-refractivity contribution is 0.104. The Balaban J connectivity index is 1.77. The van der Waals surface area contributed by atoms with Crippen LogP contribution in [0.5, 0.6) is 17.2 Å². The second kappa shape index (κ2) is 9.87. The molecule has 0 unspecified atom stereocenters. The van der Waals surface area contributed by atoms with E-state index in [0.29, 0.717) is 11.3 Å². The highest BCUT2D eigenvalue weighted by atomic mass is 32.1. The van der Waals surface area contributed by atoms with Gasteiger partial charge in [0.15, 0.2) is 5.78 Å². The predicted molar refractivity (Wildman–Crippen MR) is 136 cm³/mol. The van der Waals surface area contributed by atoms with E-state index in [1.807, 2.05) is 0 Å². The van der Waals surface area contributed by atoms with Crippen LogP contribution in [0.1, 0.15) is 69.3 Å². The zero-order valence-electron chi connectivity index (χ0n) is 43.5. The molecule has 5 rings (SSSR count). The number of carbonyl (C=O) groups excluding carboxylic acids is 1. The number of hydrogen-bond donors (Lipinski definition) is 2. The third kappa shape index (κ3) is 4.79.